The van der Waals surface area contributed by atoms with Crippen LogP contribution in [0.2, 0.25) is 0 Å². The average Bonchev–Trinajstić information content (AvgIpc) is 3.14. The second-order valence-electron chi connectivity index (χ2n) is 6.08. The predicted octanol–water partition coefficient (Wildman–Crippen LogP) is 4.06. The van der Waals surface area contributed by atoms with Gasteiger partial charge in [-0.05, 0) is 29.2 Å². The van der Waals surface area contributed by atoms with Crippen molar-refractivity contribution in [2.45, 2.75) is 31.4 Å². The molecule has 0 N–H and O–H groups in total. The lowest BCUT2D eigenvalue weighted by atomic mass is 9.83. The molecule has 23 heavy (non-hydrogen) atoms. The molecule has 0 saturated carbocycles. The van der Waals surface area contributed by atoms with Gasteiger partial charge in [0.05, 0.1) is 12.9 Å². The Kier molecular flexibility index (Phi) is 3.85. The maximum atomic E-state index is 5.92. The Morgan fingerprint density at radius 3 is 2.87 bits per heavy atom. The molecule has 0 amide bonds. The summed E-state index contributed by atoms with van der Waals surface area (Å²) in [4.78, 5) is 15.5. The van der Waals surface area contributed by atoms with Crippen LogP contribution in [0.4, 0.5) is 0 Å². The maximum Gasteiger partial charge on any atom is 0.131 e. The van der Waals surface area contributed by atoms with Gasteiger partial charge in [0.25, 0.3) is 0 Å². The summed E-state index contributed by atoms with van der Waals surface area (Å²) in [5, 5.41) is 2.48. The lowest BCUT2D eigenvalue weighted by Crippen LogP contribution is -2.35. The van der Waals surface area contributed by atoms with Gasteiger partial charge in [-0.25, -0.2) is 14.8 Å². The van der Waals surface area contributed by atoms with E-state index < -0.39 is 5.60 Å². The molecule has 4 heteroatoms. The molecule has 4 nitrogen and oxygen atoms in total. The van der Waals surface area contributed by atoms with Crippen LogP contribution in [0, 0.1) is 0 Å². The molecule has 2 heterocycles. The monoisotopic (exact) mass is 308 g/mol. The fraction of sp³-hybridized carbons (Fsp3) is 0.316. The summed E-state index contributed by atoms with van der Waals surface area (Å²) in [7, 11) is 0. The van der Waals surface area contributed by atoms with Crippen LogP contribution in [-0.2, 0) is 21.9 Å². The summed E-state index contributed by atoms with van der Waals surface area (Å²) in [5.74, 6) is 0. The van der Waals surface area contributed by atoms with E-state index in [-0.39, 0.29) is 0 Å². The van der Waals surface area contributed by atoms with E-state index in [9.17, 15) is 0 Å². The molecule has 1 aliphatic rings. The Balaban J connectivity index is 1.74. The van der Waals surface area contributed by atoms with Crippen molar-refractivity contribution >= 4 is 10.8 Å². The number of hydrogen-bond donors (Lipinski definition) is 0. The van der Waals surface area contributed by atoms with Crippen molar-refractivity contribution in [3.8, 4) is 0 Å². The van der Waals surface area contributed by atoms with Crippen LogP contribution in [0.3, 0.4) is 0 Å². The minimum Gasteiger partial charge on any atom is -0.337 e. The fourth-order valence-electron chi connectivity index (χ4n) is 3.45. The standard InChI is InChI=1S/C19H20N2O2/c1-2-7-17-16(5-1)6-3-8-18(17)19(9-4-14-22-23-19)10-12-21-13-11-20-15-21/h1-3,5-8,11,13,15H,4,9-10,12,14H2. The van der Waals surface area contributed by atoms with Crippen molar-refractivity contribution in [3.05, 3.63) is 66.7 Å². The molecule has 1 unspecified atom stereocenters. The fourth-order valence-corrected chi connectivity index (χ4v) is 3.45. The molecule has 0 spiro atoms. The normalized spacial score (nSPS) is 21.6. The van der Waals surface area contributed by atoms with Crippen LogP contribution < -0.4 is 0 Å². The van der Waals surface area contributed by atoms with Crippen LogP contribution in [0.5, 0.6) is 0 Å². The number of fused-ring (bicyclic) bond motifs is 1. The number of aryl methyl sites for hydroxylation is 1. The number of imidazole rings is 1. The third-order valence-corrected chi connectivity index (χ3v) is 4.64. The van der Waals surface area contributed by atoms with Gasteiger partial charge in [-0.3, -0.25) is 0 Å². The second kappa shape index (κ2) is 6.14. The number of nitrogens with zero attached hydrogens (tertiary/aromatic N) is 2. The van der Waals surface area contributed by atoms with E-state index in [1.54, 1.807) is 0 Å². The van der Waals surface area contributed by atoms with Crippen LogP contribution >= 0.6 is 0 Å². The van der Waals surface area contributed by atoms with Crippen molar-refractivity contribution in [3.63, 3.8) is 0 Å². The van der Waals surface area contributed by atoms with E-state index in [2.05, 4.69) is 52.0 Å². The van der Waals surface area contributed by atoms with Crippen LogP contribution in [0.15, 0.2) is 61.2 Å². The van der Waals surface area contributed by atoms with Crippen molar-refractivity contribution < 1.29 is 9.78 Å². The molecule has 3 aromatic rings. The number of benzene rings is 2. The molecule has 1 aromatic heterocycles. The Labute approximate surface area is 135 Å². The second-order valence-corrected chi connectivity index (χ2v) is 6.08. The molecule has 4 rings (SSSR count). The highest BCUT2D eigenvalue weighted by molar-refractivity contribution is 5.86. The minimum absolute atomic E-state index is 0.399. The van der Waals surface area contributed by atoms with Crippen molar-refractivity contribution in [1.82, 2.24) is 9.55 Å². The van der Waals surface area contributed by atoms with Crippen molar-refractivity contribution in [2.75, 3.05) is 6.61 Å². The van der Waals surface area contributed by atoms with E-state index in [0.29, 0.717) is 6.61 Å². The summed E-state index contributed by atoms with van der Waals surface area (Å²) < 4.78 is 2.09. The van der Waals surface area contributed by atoms with Crippen LogP contribution in [0.25, 0.3) is 10.8 Å². The topological polar surface area (TPSA) is 36.3 Å². The Hall–Kier alpha value is -2.17. The number of aromatic nitrogens is 2. The number of rotatable bonds is 4. The molecular weight excluding hydrogens is 288 g/mol. The first-order valence-corrected chi connectivity index (χ1v) is 8.12. The Morgan fingerprint density at radius 1 is 1.13 bits per heavy atom. The van der Waals surface area contributed by atoms with E-state index in [1.807, 2.05) is 18.7 Å². The van der Waals surface area contributed by atoms with E-state index in [0.717, 1.165) is 25.8 Å². The smallest absolute Gasteiger partial charge is 0.131 e. The van der Waals surface area contributed by atoms with Crippen molar-refractivity contribution in [2.24, 2.45) is 0 Å². The first-order chi connectivity index (χ1) is 11.4. The van der Waals surface area contributed by atoms with Gasteiger partial charge in [0.1, 0.15) is 5.60 Å². The molecule has 1 fully saturated rings. The summed E-state index contributed by atoms with van der Waals surface area (Å²) in [6.07, 6.45) is 8.48. The molecule has 118 valence electrons. The highest BCUT2D eigenvalue weighted by Crippen LogP contribution is 2.41. The molecule has 1 saturated heterocycles. The Morgan fingerprint density at radius 2 is 2.04 bits per heavy atom. The number of hydrogen-bond acceptors (Lipinski definition) is 3. The zero-order chi connectivity index (χ0) is 15.5. The van der Waals surface area contributed by atoms with Gasteiger partial charge in [-0.1, -0.05) is 42.5 Å². The summed E-state index contributed by atoms with van der Waals surface area (Å²) in [5.41, 5.74) is 0.819. The van der Waals surface area contributed by atoms with Gasteiger partial charge < -0.3 is 4.57 Å². The summed E-state index contributed by atoms with van der Waals surface area (Å²) >= 11 is 0. The zero-order valence-corrected chi connectivity index (χ0v) is 13.0. The quantitative estimate of drug-likeness (QED) is 0.682. The molecule has 1 atom stereocenters. The van der Waals surface area contributed by atoms with Gasteiger partial charge in [0.15, 0.2) is 0 Å². The van der Waals surface area contributed by atoms with Gasteiger partial charge in [0.2, 0.25) is 0 Å². The summed E-state index contributed by atoms with van der Waals surface area (Å²) in [6.45, 7) is 1.52. The van der Waals surface area contributed by atoms with Gasteiger partial charge in [-0.2, -0.15) is 0 Å². The third kappa shape index (κ3) is 2.76. The lowest BCUT2D eigenvalue weighted by molar-refractivity contribution is -0.391. The van der Waals surface area contributed by atoms with Gasteiger partial charge in [0, 0.05) is 25.4 Å². The van der Waals surface area contributed by atoms with E-state index in [4.69, 9.17) is 9.78 Å². The third-order valence-electron chi connectivity index (χ3n) is 4.64. The predicted molar refractivity (Wildman–Crippen MR) is 88.7 cm³/mol. The molecule has 0 aliphatic carbocycles. The first kappa shape index (κ1) is 14.4. The average molecular weight is 308 g/mol. The van der Waals surface area contributed by atoms with E-state index >= 15 is 0 Å². The first-order valence-electron chi connectivity index (χ1n) is 8.12. The van der Waals surface area contributed by atoms with Crippen LogP contribution in [0.1, 0.15) is 24.8 Å². The minimum atomic E-state index is -0.399. The molecule has 2 aromatic carbocycles. The summed E-state index contributed by atoms with van der Waals surface area (Å²) in [6, 6.07) is 14.9. The Bertz CT molecular complexity index is 772. The SMILES string of the molecule is c1ccc2c(C3(CCn4ccnc4)CCCOO3)cccc2c1. The van der Waals surface area contributed by atoms with Crippen LogP contribution in [-0.4, -0.2) is 16.2 Å². The maximum absolute atomic E-state index is 5.92. The largest absolute Gasteiger partial charge is 0.337 e. The van der Waals surface area contributed by atoms with E-state index in [1.165, 1.54) is 16.3 Å². The molecular formula is C19H20N2O2. The van der Waals surface area contributed by atoms with Gasteiger partial charge >= 0.3 is 0 Å². The highest BCUT2D eigenvalue weighted by atomic mass is 17.2. The lowest BCUT2D eigenvalue weighted by Gasteiger charge is -2.37. The molecule has 1 aliphatic heterocycles. The highest BCUT2D eigenvalue weighted by Gasteiger charge is 2.38. The molecule has 0 bridgehead atoms. The zero-order valence-electron chi connectivity index (χ0n) is 13.0. The van der Waals surface area contributed by atoms with Gasteiger partial charge in [-0.15, -0.1) is 0 Å². The van der Waals surface area contributed by atoms with Crippen molar-refractivity contribution in [1.29, 1.82) is 0 Å². The molecule has 0 radical (unpaired) electrons.